The number of β-lactam (4-membered cyclic amide) rings is 1. The molecule has 1 saturated heterocycles. The van der Waals surface area contributed by atoms with Crippen LogP contribution in [0.15, 0.2) is 45.9 Å². The van der Waals surface area contributed by atoms with Crippen molar-refractivity contribution in [1.82, 2.24) is 30.4 Å². The maximum atomic E-state index is 12.8. The number of thioether (sulfide) groups is 2. The van der Waals surface area contributed by atoms with E-state index >= 15 is 0 Å². The van der Waals surface area contributed by atoms with E-state index in [2.05, 4.69) is 26.0 Å². The first-order valence-electron chi connectivity index (χ1n) is 10.1. The molecule has 0 saturated carbocycles. The minimum atomic E-state index is -1.51. The number of hydrogen-bond acceptors (Lipinski definition) is 12. The minimum absolute atomic E-state index is 0.0801. The highest BCUT2D eigenvalue weighted by molar-refractivity contribution is 8.01. The van der Waals surface area contributed by atoms with Gasteiger partial charge in [0.05, 0.1) is 0 Å². The van der Waals surface area contributed by atoms with Gasteiger partial charge in [0.25, 0.3) is 11.8 Å². The second-order valence-electron chi connectivity index (χ2n) is 7.56. The van der Waals surface area contributed by atoms with Crippen molar-refractivity contribution >= 4 is 47.3 Å². The Kier molecular flexibility index (Phi) is 7.20. The Bertz CT molecular complexity index is 1280. The number of nitrogens with one attached hydrogen (secondary N) is 1. The standard InChI is InChI=1S/C19H17N7O8S2/c27-10-3-1-2-8(4-10)12(22-34)15(30)20-13-16(31)26-14(18(32)33)9(6-35-17(13)26)7-36-19-21-23-24-25(19)5-11(28)29/h1-4,12-13,17,27H,5-7H2,(H,20,30)(H,28,29)(H,32,33)/t12?,13?,17-/m0/s1. The molecule has 0 spiro atoms. The van der Waals surface area contributed by atoms with Crippen molar-refractivity contribution in [2.24, 2.45) is 5.18 Å². The lowest BCUT2D eigenvalue weighted by molar-refractivity contribution is -0.150. The number of nitrogens with zero attached hydrogens (tertiary/aromatic N) is 6. The van der Waals surface area contributed by atoms with Gasteiger partial charge in [0, 0.05) is 11.5 Å². The lowest BCUT2D eigenvalue weighted by Gasteiger charge is -2.49. The number of aromatic hydroxyl groups is 1. The van der Waals surface area contributed by atoms with E-state index < -0.39 is 47.8 Å². The van der Waals surface area contributed by atoms with E-state index in [9.17, 15) is 34.3 Å². The summed E-state index contributed by atoms with van der Waals surface area (Å²) >= 11 is 2.24. The van der Waals surface area contributed by atoms with Crippen molar-refractivity contribution in [2.75, 3.05) is 11.5 Å². The molecule has 0 bridgehead atoms. The van der Waals surface area contributed by atoms with E-state index in [0.717, 1.165) is 21.3 Å². The topological polar surface area (TPSA) is 217 Å². The summed E-state index contributed by atoms with van der Waals surface area (Å²) in [5.41, 5.74) is 0.291. The fourth-order valence-electron chi connectivity index (χ4n) is 3.66. The van der Waals surface area contributed by atoms with Gasteiger partial charge < -0.3 is 20.6 Å². The van der Waals surface area contributed by atoms with E-state index in [0.29, 0.717) is 5.57 Å². The smallest absolute Gasteiger partial charge is 0.352 e. The van der Waals surface area contributed by atoms with Gasteiger partial charge in [-0.1, -0.05) is 29.1 Å². The molecule has 4 N–H and O–H groups in total. The normalized spacial score (nSPS) is 19.8. The second kappa shape index (κ2) is 10.3. The summed E-state index contributed by atoms with van der Waals surface area (Å²) < 4.78 is 1.05. The highest BCUT2D eigenvalue weighted by Crippen LogP contribution is 2.41. The number of phenolic OH excluding ortho intramolecular Hbond substituents is 1. The molecule has 17 heteroatoms. The molecule has 3 heterocycles. The number of benzene rings is 1. The van der Waals surface area contributed by atoms with Crippen molar-refractivity contribution < 1.29 is 34.5 Å². The molecule has 0 aliphatic carbocycles. The van der Waals surface area contributed by atoms with E-state index in [1.165, 1.54) is 36.0 Å². The zero-order valence-electron chi connectivity index (χ0n) is 18.0. The second-order valence-corrected chi connectivity index (χ2v) is 9.61. The number of fused-ring (bicyclic) bond motifs is 1. The van der Waals surface area contributed by atoms with Gasteiger partial charge in [-0.3, -0.25) is 19.3 Å². The van der Waals surface area contributed by atoms with Crippen molar-refractivity contribution in [1.29, 1.82) is 0 Å². The number of carboxylic acid groups (broad SMARTS) is 2. The summed E-state index contributed by atoms with van der Waals surface area (Å²) in [5.74, 6) is -3.90. The quantitative estimate of drug-likeness (QED) is 0.176. The van der Waals surface area contributed by atoms with E-state index in [4.69, 9.17) is 5.11 Å². The molecule has 2 amide bonds. The molecule has 2 aliphatic heterocycles. The number of rotatable bonds is 10. The number of aliphatic carboxylic acids is 2. The monoisotopic (exact) mass is 535 g/mol. The fraction of sp³-hybridized carbons (Fsp3) is 0.316. The number of phenols is 1. The molecule has 15 nitrogen and oxygen atoms in total. The molecule has 2 aromatic rings. The average Bonchev–Trinajstić information content (AvgIpc) is 3.27. The molecule has 1 fully saturated rings. The van der Waals surface area contributed by atoms with Crippen LogP contribution in [-0.2, 0) is 25.7 Å². The van der Waals surface area contributed by atoms with Crippen LogP contribution in [0.25, 0.3) is 0 Å². The Balaban J connectivity index is 1.47. The van der Waals surface area contributed by atoms with Gasteiger partial charge in [-0.05, 0) is 33.7 Å². The summed E-state index contributed by atoms with van der Waals surface area (Å²) in [6.45, 7) is -0.470. The largest absolute Gasteiger partial charge is 0.508 e. The number of amides is 2. The van der Waals surface area contributed by atoms with Gasteiger partial charge in [0.15, 0.2) is 6.04 Å². The summed E-state index contributed by atoms with van der Waals surface area (Å²) in [6.07, 6.45) is 0. The number of tetrazole rings is 1. The summed E-state index contributed by atoms with van der Waals surface area (Å²) in [7, 11) is 0. The molecule has 1 aromatic heterocycles. The van der Waals surface area contributed by atoms with Crippen LogP contribution >= 0.6 is 23.5 Å². The van der Waals surface area contributed by atoms with Gasteiger partial charge in [0.1, 0.15) is 29.4 Å². The Hall–Kier alpha value is -3.99. The van der Waals surface area contributed by atoms with Crippen LogP contribution in [0.4, 0.5) is 0 Å². The van der Waals surface area contributed by atoms with Crippen molar-refractivity contribution in [3.05, 3.63) is 46.0 Å². The van der Waals surface area contributed by atoms with Crippen molar-refractivity contribution in [3.8, 4) is 5.75 Å². The molecule has 2 unspecified atom stereocenters. The van der Waals surface area contributed by atoms with Crippen LogP contribution in [0.2, 0.25) is 0 Å². The third-order valence-corrected chi connectivity index (χ3v) is 7.63. The molecular formula is C19H17N7O8S2. The maximum absolute atomic E-state index is 12.8. The molecule has 188 valence electrons. The third-order valence-electron chi connectivity index (χ3n) is 5.25. The predicted molar refractivity (Wildman–Crippen MR) is 123 cm³/mol. The lowest BCUT2D eigenvalue weighted by atomic mass is 10.0. The third kappa shape index (κ3) is 4.87. The van der Waals surface area contributed by atoms with Crippen LogP contribution in [-0.4, -0.2) is 87.1 Å². The Morgan fingerprint density at radius 2 is 2.08 bits per heavy atom. The lowest BCUT2D eigenvalue weighted by Crippen LogP contribution is -2.70. The van der Waals surface area contributed by atoms with E-state index in [1.54, 1.807) is 0 Å². The van der Waals surface area contributed by atoms with Gasteiger partial charge in [0.2, 0.25) is 5.16 Å². The Morgan fingerprint density at radius 3 is 2.75 bits per heavy atom. The predicted octanol–water partition coefficient (Wildman–Crippen LogP) is -0.198. The van der Waals surface area contributed by atoms with Crippen LogP contribution in [0.3, 0.4) is 0 Å². The maximum Gasteiger partial charge on any atom is 0.352 e. The van der Waals surface area contributed by atoms with Crippen LogP contribution < -0.4 is 5.32 Å². The SMILES string of the molecule is O=NC(C(=O)NC1C(=O)N2C(C(=O)O)=C(CSc3nnnn3CC(=O)O)CS[C@@H]12)c1cccc(O)c1. The summed E-state index contributed by atoms with van der Waals surface area (Å²) in [4.78, 5) is 60.8. The van der Waals surface area contributed by atoms with E-state index in [1.807, 2.05) is 0 Å². The summed E-state index contributed by atoms with van der Waals surface area (Å²) in [6, 6.07) is 2.85. The molecular weight excluding hydrogens is 518 g/mol. The first-order chi connectivity index (χ1) is 17.2. The zero-order valence-corrected chi connectivity index (χ0v) is 19.7. The molecule has 4 rings (SSSR count). The highest BCUT2D eigenvalue weighted by Gasteiger charge is 2.54. The van der Waals surface area contributed by atoms with Gasteiger partial charge in [-0.25, -0.2) is 9.48 Å². The Labute approximate surface area is 209 Å². The zero-order chi connectivity index (χ0) is 26.0. The van der Waals surface area contributed by atoms with Crippen LogP contribution in [0.5, 0.6) is 5.75 Å². The minimum Gasteiger partial charge on any atom is -0.508 e. The molecule has 0 radical (unpaired) electrons. The van der Waals surface area contributed by atoms with Crippen molar-refractivity contribution in [2.45, 2.75) is 29.2 Å². The van der Waals surface area contributed by atoms with Gasteiger partial charge in [-0.2, -0.15) is 0 Å². The van der Waals surface area contributed by atoms with Gasteiger partial charge >= 0.3 is 11.9 Å². The first-order valence-corrected chi connectivity index (χ1v) is 12.2. The first kappa shape index (κ1) is 25.1. The van der Waals surface area contributed by atoms with Gasteiger partial charge in [-0.15, -0.1) is 21.8 Å². The fourth-order valence-corrected chi connectivity index (χ4v) is 6.02. The number of carboxylic acids is 2. The van der Waals surface area contributed by atoms with Crippen LogP contribution in [0.1, 0.15) is 11.6 Å². The summed E-state index contributed by atoms with van der Waals surface area (Å²) in [5, 5.41) is 43.8. The van der Waals surface area contributed by atoms with Crippen LogP contribution in [0, 0.1) is 4.91 Å². The number of carbonyl (C=O) groups is 4. The molecule has 1 aromatic carbocycles. The number of hydrogen-bond donors (Lipinski definition) is 4. The number of carbonyl (C=O) groups excluding carboxylic acids is 2. The van der Waals surface area contributed by atoms with Crippen molar-refractivity contribution in [3.63, 3.8) is 0 Å². The molecule has 36 heavy (non-hydrogen) atoms. The van der Waals surface area contributed by atoms with E-state index in [-0.39, 0.29) is 33.7 Å². The molecule has 3 atom stereocenters. The number of aromatic nitrogens is 4. The molecule has 2 aliphatic rings. The highest BCUT2D eigenvalue weighted by atomic mass is 32.2. The number of nitroso groups, excluding NO2 is 1. The average molecular weight is 536 g/mol. The Morgan fingerprint density at radius 1 is 1.31 bits per heavy atom.